The number of aromatic amines is 1. The van der Waals surface area contributed by atoms with E-state index in [-0.39, 0.29) is 6.03 Å². The van der Waals surface area contributed by atoms with Gasteiger partial charge in [0.25, 0.3) is 0 Å². The predicted octanol–water partition coefficient (Wildman–Crippen LogP) is 5.49. The molecule has 4 N–H and O–H groups in total. The number of nitrogens with zero attached hydrogens (tertiary/aromatic N) is 3. The number of carboxylic acids is 2. The summed E-state index contributed by atoms with van der Waals surface area (Å²) in [6.45, 7) is 4.14. The summed E-state index contributed by atoms with van der Waals surface area (Å²) in [5.41, 5.74) is 3.57. The lowest BCUT2D eigenvalue weighted by Gasteiger charge is -2.21. The van der Waals surface area contributed by atoms with Gasteiger partial charge in [0.2, 0.25) is 0 Å². The zero-order valence-electron chi connectivity index (χ0n) is 25.2. The number of carbonyl (C=O) groups is 3. The predicted molar refractivity (Wildman–Crippen MR) is 156 cm³/mol. The van der Waals surface area contributed by atoms with E-state index in [0.29, 0.717) is 24.6 Å². The lowest BCUT2D eigenvalue weighted by atomic mass is 10.1. The Morgan fingerprint density at radius 1 is 0.979 bits per heavy atom. The van der Waals surface area contributed by atoms with Crippen LogP contribution in [0.5, 0.6) is 11.5 Å². The van der Waals surface area contributed by atoms with Crippen molar-refractivity contribution >= 4 is 23.7 Å². The number of aliphatic carboxylic acids is 2. The van der Waals surface area contributed by atoms with E-state index in [0.717, 1.165) is 42.1 Å². The van der Waals surface area contributed by atoms with Crippen molar-refractivity contribution < 1.29 is 60.4 Å². The topological polar surface area (TPSA) is 157 Å². The molecule has 47 heavy (non-hydrogen) atoms. The van der Waals surface area contributed by atoms with Gasteiger partial charge in [0.1, 0.15) is 18.1 Å². The number of hydrogen-bond donors (Lipinski definition) is 4. The standard InChI is InChI=1S/C25H31N5O3.2C2HF3O2/c1-29(18-19-6-5-7-22(14-19)32-2)25(31)28-23-9-8-20(21-16-26-27-17-21)15-24(23)33-13-12-30-10-3-4-11-30;2*3-2(4,5)1(6)7/h5-9,14-17H,3-4,10-13,18H2,1-2H3,(H,26,27)(H,28,31);2*(H,6,7). The van der Waals surface area contributed by atoms with Crippen molar-refractivity contribution in [1.29, 1.82) is 0 Å². The monoisotopic (exact) mass is 677 g/mol. The molecule has 0 unspecified atom stereocenters. The summed E-state index contributed by atoms with van der Waals surface area (Å²) in [5.74, 6) is -4.10. The number of halogens is 6. The van der Waals surface area contributed by atoms with Gasteiger partial charge >= 0.3 is 30.3 Å². The van der Waals surface area contributed by atoms with Gasteiger partial charge in [-0.1, -0.05) is 18.2 Å². The molecule has 1 aliphatic heterocycles. The Balaban J connectivity index is 0.000000459. The quantitative estimate of drug-likeness (QED) is 0.215. The minimum atomic E-state index is -5.08. The summed E-state index contributed by atoms with van der Waals surface area (Å²) in [6.07, 6.45) is -4.07. The fraction of sp³-hybridized carbons (Fsp3) is 0.379. The van der Waals surface area contributed by atoms with E-state index in [1.54, 1.807) is 25.3 Å². The van der Waals surface area contributed by atoms with E-state index in [1.165, 1.54) is 12.8 Å². The minimum Gasteiger partial charge on any atom is -0.497 e. The average molecular weight is 678 g/mol. The largest absolute Gasteiger partial charge is 0.497 e. The number of likely N-dealkylation sites (tertiary alicyclic amines) is 1. The van der Waals surface area contributed by atoms with Gasteiger partial charge in [-0.3, -0.25) is 10.00 Å². The van der Waals surface area contributed by atoms with Gasteiger partial charge < -0.3 is 29.9 Å². The zero-order valence-corrected chi connectivity index (χ0v) is 25.2. The first-order valence-corrected chi connectivity index (χ1v) is 13.7. The van der Waals surface area contributed by atoms with E-state index < -0.39 is 24.3 Å². The number of aromatic nitrogens is 2. The van der Waals surface area contributed by atoms with Crippen LogP contribution in [0.3, 0.4) is 0 Å². The molecule has 4 rings (SSSR count). The second-order valence-electron chi connectivity index (χ2n) is 9.84. The maximum absolute atomic E-state index is 12.9. The number of urea groups is 1. The molecule has 1 fully saturated rings. The smallest absolute Gasteiger partial charge is 0.490 e. The van der Waals surface area contributed by atoms with Crippen LogP contribution in [0.15, 0.2) is 54.9 Å². The summed E-state index contributed by atoms with van der Waals surface area (Å²) < 4.78 is 74.9. The van der Waals surface area contributed by atoms with Gasteiger partial charge in [-0.25, -0.2) is 14.4 Å². The number of H-pyrrole nitrogens is 1. The number of methoxy groups -OCH3 is 1. The Morgan fingerprint density at radius 3 is 2.13 bits per heavy atom. The summed E-state index contributed by atoms with van der Waals surface area (Å²) in [6, 6.07) is 13.3. The van der Waals surface area contributed by atoms with Gasteiger partial charge in [-0.15, -0.1) is 0 Å². The molecule has 2 heterocycles. The van der Waals surface area contributed by atoms with Gasteiger partial charge in [0.05, 0.1) is 19.0 Å². The normalized spacial score (nSPS) is 12.9. The Morgan fingerprint density at radius 2 is 1.60 bits per heavy atom. The third kappa shape index (κ3) is 13.5. The first-order chi connectivity index (χ1) is 22.0. The molecule has 2 amide bonds. The number of ether oxygens (including phenoxy) is 2. The molecular formula is C29H33F6N5O7. The molecule has 2 aromatic carbocycles. The fourth-order valence-corrected chi connectivity index (χ4v) is 3.95. The number of rotatable bonds is 9. The fourth-order valence-electron chi connectivity index (χ4n) is 3.95. The van der Waals surface area contributed by atoms with Crippen molar-refractivity contribution in [1.82, 2.24) is 20.0 Å². The highest BCUT2D eigenvalue weighted by atomic mass is 19.4. The molecule has 0 aliphatic carbocycles. The average Bonchev–Trinajstić information content (AvgIpc) is 3.73. The molecule has 18 heteroatoms. The van der Waals surface area contributed by atoms with Gasteiger partial charge in [0.15, 0.2) is 0 Å². The van der Waals surface area contributed by atoms with Crippen molar-refractivity contribution in [3.63, 3.8) is 0 Å². The summed E-state index contributed by atoms with van der Waals surface area (Å²) in [4.78, 5) is 34.8. The molecule has 1 aromatic heterocycles. The Hall–Kier alpha value is -5.00. The van der Waals surface area contributed by atoms with Crippen molar-refractivity contribution in [2.24, 2.45) is 0 Å². The van der Waals surface area contributed by atoms with Crippen molar-refractivity contribution in [2.45, 2.75) is 31.7 Å². The van der Waals surface area contributed by atoms with Crippen LogP contribution in [0, 0.1) is 0 Å². The van der Waals surface area contributed by atoms with E-state index in [4.69, 9.17) is 29.3 Å². The highest BCUT2D eigenvalue weighted by molar-refractivity contribution is 5.91. The number of carboxylic acid groups (broad SMARTS) is 2. The Bertz CT molecular complexity index is 1420. The van der Waals surface area contributed by atoms with Gasteiger partial charge in [-0.2, -0.15) is 31.4 Å². The van der Waals surface area contributed by atoms with Crippen LogP contribution in [0.4, 0.5) is 36.8 Å². The molecular weight excluding hydrogens is 644 g/mol. The van der Waals surface area contributed by atoms with Crippen LogP contribution in [-0.2, 0) is 16.1 Å². The highest BCUT2D eigenvalue weighted by Crippen LogP contribution is 2.31. The van der Waals surface area contributed by atoms with E-state index in [9.17, 15) is 31.1 Å². The lowest BCUT2D eigenvalue weighted by molar-refractivity contribution is -0.193. The number of nitrogens with one attached hydrogen (secondary N) is 2. The van der Waals surface area contributed by atoms with Crippen LogP contribution in [0.25, 0.3) is 11.1 Å². The molecule has 0 atom stereocenters. The zero-order chi connectivity index (χ0) is 35.2. The van der Waals surface area contributed by atoms with Crippen LogP contribution in [0.1, 0.15) is 18.4 Å². The van der Waals surface area contributed by atoms with Crippen LogP contribution < -0.4 is 14.8 Å². The molecule has 0 spiro atoms. The van der Waals surface area contributed by atoms with E-state index in [2.05, 4.69) is 20.4 Å². The summed E-state index contributed by atoms with van der Waals surface area (Å²) >= 11 is 0. The number of benzene rings is 2. The number of amides is 2. The van der Waals surface area contributed by atoms with Gasteiger partial charge in [-0.05, 0) is 61.3 Å². The number of carbonyl (C=O) groups excluding carboxylic acids is 1. The third-order valence-corrected chi connectivity index (χ3v) is 6.30. The summed E-state index contributed by atoms with van der Waals surface area (Å²) in [5, 5.41) is 24.1. The molecule has 1 saturated heterocycles. The first kappa shape index (κ1) is 38.2. The van der Waals surface area contributed by atoms with E-state index >= 15 is 0 Å². The number of hydrogen-bond acceptors (Lipinski definition) is 7. The molecule has 258 valence electrons. The van der Waals surface area contributed by atoms with Crippen molar-refractivity contribution in [2.75, 3.05) is 45.7 Å². The number of alkyl halides is 6. The molecule has 0 saturated carbocycles. The molecule has 1 aliphatic rings. The molecule has 0 radical (unpaired) electrons. The Labute approximate surface area is 264 Å². The molecule has 0 bridgehead atoms. The maximum atomic E-state index is 12.9. The molecule has 12 nitrogen and oxygen atoms in total. The third-order valence-electron chi connectivity index (χ3n) is 6.30. The van der Waals surface area contributed by atoms with Crippen LogP contribution in [-0.4, -0.2) is 101 Å². The van der Waals surface area contributed by atoms with Crippen LogP contribution in [0.2, 0.25) is 0 Å². The highest BCUT2D eigenvalue weighted by Gasteiger charge is 2.38. The van der Waals surface area contributed by atoms with Crippen LogP contribution >= 0.6 is 0 Å². The van der Waals surface area contributed by atoms with Gasteiger partial charge in [0, 0.05) is 31.9 Å². The first-order valence-electron chi connectivity index (χ1n) is 13.7. The van der Waals surface area contributed by atoms with Crippen molar-refractivity contribution in [3.05, 3.63) is 60.4 Å². The van der Waals surface area contributed by atoms with E-state index in [1.807, 2.05) is 48.7 Å². The van der Waals surface area contributed by atoms with Crippen molar-refractivity contribution in [3.8, 4) is 22.6 Å². The second kappa shape index (κ2) is 17.6. The lowest BCUT2D eigenvalue weighted by Crippen LogP contribution is -2.31. The maximum Gasteiger partial charge on any atom is 0.490 e. The number of anilines is 1. The summed E-state index contributed by atoms with van der Waals surface area (Å²) in [7, 11) is 3.40. The minimum absolute atomic E-state index is 0.210. The SMILES string of the molecule is COc1cccc(CN(C)C(=O)Nc2ccc(-c3cn[nH]c3)cc2OCCN2CCCC2)c1.O=C(O)C(F)(F)F.O=C(O)C(F)(F)F. The second-order valence-corrected chi connectivity index (χ2v) is 9.84. The molecule has 3 aromatic rings. The Kier molecular flexibility index (Phi) is 14.3.